The van der Waals surface area contributed by atoms with E-state index in [1.807, 2.05) is 0 Å². The van der Waals surface area contributed by atoms with Crippen molar-refractivity contribution in [2.24, 2.45) is 0 Å². The summed E-state index contributed by atoms with van der Waals surface area (Å²) in [5.41, 5.74) is 16.7. The molecule has 12 rings (SSSR count). The van der Waals surface area contributed by atoms with Gasteiger partial charge < -0.3 is 9.80 Å². The molecule has 0 radical (unpaired) electrons. The quantitative estimate of drug-likeness (QED) is 0.167. The van der Waals surface area contributed by atoms with Crippen molar-refractivity contribution in [3.8, 4) is 22.3 Å². The summed E-state index contributed by atoms with van der Waals surface area (Å²) >= 11 is 0. The van der Waals surface area contributed by atoms with Crippen LogP contribution in [-0.2, 0) is 5.41 Å². The third-order valence-corrected chi connectivity index (χ3v) is 12.6. The highest BCUT2D eigenvalue weighted by Crippen LogP contribution is 2.66. The average molecular weight is 751 g/mol. The van der Waals surface area contributed by atoms with Crippen LogP contribution >= 0.6 is 0 Å². The molecule has 0 saturated carbocycles. The summed E-state index contributed by atoms with van der Waals surface area (Å²) in [5, 5.41) is 4.91. The molecule has 0 aromatic heterocycles. The van der Waals surface area contributed by atoms with Gasteiger partial charge in [0.1, 0.15) is 0 Å². The average Bonchev–Trinajstić information content (AvgIpc) is 3.78. The number of anilines is 6. The Kier molecular flexibility index (Phi) is 7.48. The second-order valence-electron chi connectivity index (χ2n) is 15.6. The largest absolute Gasteiger partial charge is 0.310 e. The number of nitrogens with zero attached hydrogens (tertiary/aromatic N) is 2. The number of benzene rings is 10. The molecule has 10 aromatic carbocycles. The second kappa shape index (κ2) is 13.2. The molecule has 276 valence electrons. The Morgan fingerprint density at radius 1 is 0.288 bits per heavy atom. The predicted octanol–water partition coefficient (Wildman–Crippen LogP) is 15.3. The summed E-state index contributed by atoms with van der Waals surface area (Å²) in [6.45, 7) is 0. The summed E-state index contributed by atoms with van der Waals surface area (Å²) in [4.78, 5) is 4.91. The van der Waals surface area contributed by atoms with Crippen molar-refractivity contribution in [3.63, 3.8) is 0 Å². The van der Waals surface area contributed by atoms with Gasteiger partial charge in [0, 0.05) is 33.4 Å². The minimum atomic E-state index is -0.558. The van der Waals surface area contributed by atoms with E-state index in [1.165, 1.54) is 71.7 Å². The van der Waals surface area contributed by atoms with Crippen LogP contribution in [0.25, 0.3) is 43.8 Å². The van der Waals surface area contributed by atoms with Crippen molar-refractivity contribution in [3.05, 3.63) is 253 Å². The Hall–Kier alpha value is -7.68. The fourth-order valence-corrected chi connectivity index (χ4v) is 10.4. The first kappa shape index (κ1) is 33.5. The molecule has 0 heterocycles. The van der Waals surface area contributed by atoms with E-state index in [9.17, 15) is 0 Å². The summed E-state index contributed by atoms with van der Waals surface area (Å²) in [5.74, 6) is 0. The molecule has 0 amide bonds. The molecule has 2 aliphatic rings. The highest BCUT2D eigenvalue weighted by Gasteiger charge is 2.53. The fourth-order valence-electron chi connectivity index (χ4n) is 10.4. The predicted molar refractivity (Wildman–Crippen MR) is 247 cm³/mol. The maximum atomic E-state index is 2.48. The van der Waals surface area contributed by atoms with Crippen molar-refractivity contribution >= 4 is 55.7 Å². The van der Waals surface area contributed by atoms with E-state index in [-0.39, 0.29) is 0 Å². The molecule has 0 saturated heterocycles. The van der Waals surface area contributed by atoms with Crippen molar-refractivity contribution in [2.45, 2.75) is 5.41 Å². The molecule has 10 aromatic rings. The van der Waals surface area contributed by atoms with Gasteiger partial charge in [0.15, 0.2) is 0 Å². The van der Waals surface area contributed by atoms with Gasteiger partial charge in [-0.15, -0.1) is 0 Å². The first-order valence-electron chi connectivity index (χ1n) is 20.4. The van der Waals surface area contributed by atoms with E-state index in [0.29, 0.717) is 0 Å². The van der Waals surface area contributed by atoms with E-state index in [2.05, 4.69) is 240 Å². The van der Waals surface area contributed by atoms with Gasteiger partial charge in [-0.3, -0.25) is 0 Å². The van der Waals surface area contributed by atoms with Gasteiger partial charge in [-0.25, -0.2) is 0 Å². The van der Waals surface area contributed by atoms with E-state index in [1.54, 1.807) is 0 Å². The molecule has 1 unspecified atom stereocenters. The number of hydrogen-bond donors (Lipinski definition) is 0. The van der Waals surface area contributed by atoms with Gasteiger partial charge in [-0.1, -0.05) is 176 Å². The lowest BCUT2D eigenvalue weighted by molar-refractivity contribution is 0.801. The molecule has 0 N–H and O–H groups in total. The first-order valence-corrected chi connectivity index (χ1v) is 20.4. The van der Waals surface area contributed by atoms with Crippen LogP contribution in [0.5, 0.6) is 0 Å². The Bertz CT molecular complexity index is 3180. The highest BCUT2D eigenvalue weighted by molar-refractivity contribution is 6.11. The minimum Gasteiger partial charge on any atom is -0.310 e. The van der Waals surface area contributed by atoms with Crippen LogP contribution in [0.2, 0.25) is 0 Å². The molecular weight excluding hydrogens is 713 g/mol. The Morgan fingerprint density at radius 2 is 0.763 bits per heavy atom. The second-order valence-corrected chi connectivity index (χ2v) is 15.6. The summed E-state index contributed by atoms with van der Waals surface area (Å²) in [7, 11) is 0. The molecule has 1 spiro atoms. The lowest BCUT2D eigenvalue weighted by Crippen LogP contribution is -2.26. The maximum Gasteiger partial charge on any atom is 0.0732 e. The van der Waals surface area contributed by atoms with Gasteiger partial charge in [-0.2, -0.15) is 0 Å². The summed E-state index contributed by atoms with van der Waals surface area (Å²) in [6, 6.07) is 84.7. The topological polar surface area (TPSA) is 6.48 Å². The lowest BCUT2D eigenvalue weighted by atomic mass is 9.69. The number of rotatable bonds is 6. The van der Waals surface area contributed by atoms with Gasteiger partial charge >= 0.3 is 0 Å². The molecular formula is C57H38N2. The maximum absolute atomic E-state index is 2.48. The van der Waals surface area contributed by atoms with Gasteiger partial charge in [0.2, 0.25) is 0 Å². The highest BCUT2D eigenvalue weighted by atomic mass is 15.2. The molecule has 2 nitrogen and oxygen atoms in total. The SMILES string of the molecule is c1ccc(N(c2cccc3c2-c2ccccc2C32c3ccccc3-c3cc(N(c4ccccc4)c4ccccc4)c4ccccc4c32)c2cccc3ccccc23)cc1. The molecule has 59 heavy (non-hydrogen) atoms. The minimum absolute atomic E-state index is 0.558. The van der Waals surface area contributed by atoms with Crippen LogP contribution in [0.3, 0.4) is 0 Å². The Balaban J connectivity index is 1.19. The lowest BCUT2D eigenvalue weighted by Gasteiger charge is -2.33. The monoisotopic (exact) mass is 750 g/mol. The molecule has 2 heteroatoms. The van der Waals surface area contributed by atoms with Crippen LogP contribution in [-0.4, -0.2) is 0 Å². The van der Waals surface area contributed by atoms with E-state index >= 15 is 0 Å². The zero-order valence-electron chi connectivity index (χ0n) is 32.3. The zero-order chi connectivity index (χ0) is 38.9. The van der Waals surface area contributed by atoms with E-state index < -0.39 is 5.41 Å². The van der Waals surface area contributed by atoms with Crippen LogP contribution in [0, 0.1) is 0 Å². The normalized spacial score (nSPS) is 14.5. The summed E-state index contributed by atoms with van der Waals surface area (Å²) in [6.07, 6.45) is 0. The third kappa shape index (κ3) is 4.81. The van der Waals surface area contributed by atoms with Crippen LogP contribution in [0.1, 0.15) is 22.3 Å². The first-order chi connectivity index (χ1) is 29.3. The molecule has 1 atom stereocenters. The number of hydrogen-bond acceptors (Lipinski definition) is 2. The Labute approximate surface area is 344 Å². The molecule has 2 aliphatic carbocycles. The van der Waals surface area contributed by atoms with Gasteiger partial charge in [-0.05, 0) is 104 Å². The van der Waals surface area contributed by atoms with Crippen LogP contribution in [0.4, 0.5) is 34.1 Å². The van der Waals surface area contributed by atoms with Gasteiger partial charge in [0.05, 0.1) is 22.5 Å². The smallest absolute Gasteiger partial charge is 0.0732 e. The van der Waals surface area contributed by atoms with Crippen molar-refractivity contribution in [1.82, 2.24) is 0 Å². The van der Waals surface area contributed by atoms with E-state index in [4.69, 9.17) is 0 Å². The third-order valence-electron chi connectivity index (χ3n) is 12.6. The summed E-state index contributed by atoms with van der Waals surface area (Å²) < 4.78 is 0. The molecule has 0 fully saturated rings. The zero-order valence-corrected chi connectivity index (χ0v) is 32.3. The van der Waals surface area contributed by atoms with Crippen molar-refractivity contribution < 1.29 is 0 Å². The molecule has 0 bridgehead atoms. The van der Waals surface area contributed by atoms with Gasteiger partial charge in [0.25, 0.3) is 0 Å². The van der Waals surface area contributed by atoms with E-state index in [0.717, 1.165) is 28.4 Å². The fraction of sp³-hybridized carbons (Fsp3) is 0.0175. The van der Waals surface area contributed by atoms with Crippen molar-refractivity contribution in [1.29, 1.82) is 0 Å². The number of para-hydroxylation sites is 3. The Morgan fingerprint density at radius 3 is 1.46 bits per heavy atom. The van der Waals surface area contributed by atoms with Crippen molar-refractivity contribution in [2.75, 3.05) is 9.80 Å². The van der Waals surface area contributed by atoms with Crippen LogP contribution < -0.4 is 9.80 Å². The molecule has 0 aliphatic heterocycles. The van der Waals surface area contributed by atoms with Crippen LogP contribution in [0.15, 0.2) is 231 Å². The number of fused-ring (bicyclic) bond motifs is 13. The standard InChI is InChI=1S/C57H38N2/c1-4-22-40(23-5-1)58(41-24-6-2-7-25-41)54-38-48-44-29-14-16-33-49(44)57(56(48)46-31-13-12-30-45(46)54)50-34-17-15-32-47(50)55-51(57)35-19-37-53(55)59(42-26-8-3-9-27-42)52-36-18-21-39-20-10-11-28-43(39)52/h1-38H.